The highest BCUT2D eigenvalue weighted by atomic mass is 16.6. The number of hydrogen-bond donors (Lipinski definition) is 3. The van der Waals surface area contributed by atoms with E-state index in [-0.39, 0.29) is 6.03 Å². The maximum Gasteiger partial charge on any atom is 0.412 e. The Morgan fingerprint density at radius 3 is 2.65 bits per heavy atom. The first-order valence-electron chi connectivity index (χ1n) is 5.91. The van der Waals surface area contributed by atoms with Crippen LogP contribution >= 0.6 is 0 Å². The summed E-state index contributed by atoms with van der Waals surface area (Å²) in [5.41, 5.74) is 1.07. The SMILES string of the molecule is CNC(=O)Nc1ccc(OC(=O)NC)c2ncccc12. The zero-order valence-corrected chi connectivity index (χ0v) is 11.1. The summed E-state index contributed by atoms with van der Waals surface area (Å²) in [6, 6.07) is 6.41. The van der Waals surface area contributed by atoms with Gasteiger partial charge in [0.1, 0.15) is 5.52 Å². The van der Waals surface area contributed by atoms with Gasteiger partial charge in [-0.25, -0.2) is 9.59 Å². The molecule has 0 radical (unpaired) electrons. The van der Waals surface area contributed by atoms with Crippen molar-refractivity contribution in [3.8, 4) is 5.75 Å². The average Bonchev–Trinajstić information content (AvgIpc) is 2.49. The van der Waals surface area contributed by atoms with Crippen LogP contribution in [0.3, 0.4) is 0 Å². The third kappa shape index (κ3) is 2.77. The maximum atomic E-state index is 11.4. The van der Waals surface area contributed by atoms with E-state index in [9.17, 15) is 9.59 Å². The number of nitrogens with one attached hydrogen (secondary N) is 3. The minimum absolute atomic E-state index is 0.322. The van der Waals surface area contributed by atoms with Gasteiger partial charge in [-0.15, -0.1) is 0 Å². The van der Waals surface area contributed by atoms with Gasteiger partial charge in [0.2, 0.25) is 0 Å². The van der Waals surface area contributed by atoms with Gasteiger partial charge in [0, 0.05) is 25.7 Å². The van der Waals surface area contributed by atoms with E-state index < -0.39 is 6.09 Å². The number of pyridine rings is 1. The third-order valence-electron chi connectivity index (χ3n) is 2.61. The smallest absolute Gasteiger partial charge is 0.408 e. The number of aromatic nitrogens is 1. The molecule has 0 saturated carbocycles. The number of nitrogens with zero attached hydrogens (tertiary/aromatic N) is 1. The van der Waals surface area contributed by atoms with Crippen LogP contribution in [0.4, 0.5) is 15.3 Å². The van der Waals surface area contributed by atoms with Crippen LogP contribution in [0.2, 0.25) is 0 Å². The normalized spacial score (nSPS) is 9.90. The van der Waals surface area contributed by atoms with Crippen LogP contribution in [0.15, 0.2) is 30.5 Å². The summed E-state index contributed by atoms with van der Waals surface area (Å²) in [7, 11) is 3.00. The van der Waals surface area contributed by atoms with Crippen molar-refractivity contribution in [1.29, 1.82) is 0 Å². The van der Waals surface area contributed by atoms with E-state index >= 15 is 0 Å². The molecule has 3 amide bonds. The van der Waals surface area contributed by atoms with Gasteiger partial charge in [-0.3, -0.25) is 4.98 Å². The Labute approximate surface area is 115 Å². The first-order chi connectivity index (χ1) is 9.65. The first kappa shape index (κ1) is 13.6. The molecule has 0 bridgehead atoms. The number of amides is 3. The number of ether oxygens (including phenoxy) is 1. The standard InChI is InChI=1S/C13H14N4O3/c1-14-12(18)17-9-5-6-10(20-13(19)15-2)11-8(9)4-3-7-16-11/h3-7H,1-2H3,(H,15,19)(H2,14,17,18). The van der Waals surface area contributed by atoms with Crippen molar-refractivity contribution in [3.63, 3.8) is 0 Å². The molecule has 0 unspecified atom stereocenters. The van der Waals surface area contributed by atoms with E-state index in [0.717, 1.165) is 0 Å². The zero-order valence-electron chi connectivity index (χ0n) is 11.1. The summed E-state index contributed by atoms with van der Waals surface area (Å²) in [6.07, 6.45) is 1.01. The predicted octanol–water partition coefficient (Wildman–Crippen LogP) is 1.70. The number of benzene rings is 1. The van der Waals surface area contributed by atoms with Crippen molar-refractivity contribution in [2.24, 2.45) is 0 Å². The highest BCUT2D eigenvalue weighted by Crippen LogP contribution is 2.29. The summed E-state index contributed by atoms with van der Waals surface area (Å²) in [6.45, 7) is 0. The Morgan fingerprint density at radius 1 is 1.15 bits per heavy atom. The van der Waals surface area contributed by atoms with E-state index in [1.54, 1.807) is 30.5 Å². The van der Waals surface area contributed by atoms with Crippen molar-refractivity contribution >= 4 is 28.7 Å². The molecule has 0 atom stereocenters. The van der Waals surface area contributed by atoms with Gasteiger partial charge in [0.05, 0.1) is 5.69 Å². The van der Waals surface area contributed by atoms with E-state index in [2.05, 4.69) is 20.9 Å². The van der Waals surface area contributed by atoms with Crippen molar-refractivity contribution in [3.05, 3.63) is 30.5 Å². The molecule has 0 aliphatic heterocycles. The molecule has 3 N–H and O–H groups in total. The van der Waals surface area contributed by atoms with Gasteiger partial charge < -0.3 is 20.7 Å². The summed E-state index contributed by atoms with van der Waals surface area (Å²) in [5, 5.41) is 8.19. The van der Waals surface area contributed by atoms with E-state index in [1.807, 2.05) is 0 Å². The van der Waals surface area contributed by atoms with Crippen LogP contribution in [-0.4, -0.2) is 31.2 Å². The van der Waals surface area contributed by atoms with Crippen molar-refractivity contribution in [1.82, 2.24) is 15.6 Å². The predicted molar refractivity (Wildman–Crippen MR) is 74.9 cm³/mol. The molecule has 2 aromatic rings. The van der Waals surface area contributed by atoms with Crippen molar-refractivity contribution < 1.29 is 14.3 Å². The molecular weight excluding hydrogens is 260 g/mol. The van der Waals surface area contributed by atoms with E-state index in [1.165, 1.54) is 14.1 Å². The molecular formula is C13H14N4O3. The Hall–Kier alpha value is -2.83. The minimum atomic E-state index is -0.580. The Morgan fingerprint density at radius 2 is 1.95 bits per heavy atom. The maximum absolute atomic E-state index is 11.4. The molecule has 1 aromatic carbocycles. The number of urea groups is 1. The van der Waals surface area contributed by atoms with Crippen LogP contribution in [0, 0.1) is 0 Å². The second-order valence-corrected chi connectivity index (χ2v) is 3.85. The highest BCUT2D eigenvalue weighted by molar-refractivity contribution is 6.02. The van der Waals surface area contributed by atoms with Crippen LogP contribution in [-0.2, 0) is 0 Å². The number of hydrogen-bond acceptors (Lipinski definition) is 4. The molecule has 0 aliphatic carbocycles. The van der Waals surface area contributed by atoms with Gasteiger partial charge in [-0.05, 0) is 24.3 Å². The summed E-state index contributed by atoms with van der Waals surface area (Å²) in [5.74, 6) is 0.322. The number of anilines is 1. The second kappa shape index (κ2) is 5.87. The third-order valence-corrected chi connectivity index (χ3v) is 2.61. The van der Waals surface area contributed by atoms with Crippen LogP contribution in [0.5, 0.6) is 5.75 Å². The molecule has 7 nitrogen and oxygen atoms in total. The highest BCUT2D eigenvalue weighted by Gasteiger charge is 2.11. The number of carbonyl (C=O) groups excluding carboxylic acids is 2. The monoisotopic (exact) mass is 274 g/mol. The fourth-order valence-electron chi connectivity index (χ4n) is 1.67. The van der Waals surface area contributed by atoms with Crippen LogP contribution in [0.1, 0.15) is 0 Å². The lowest BCUT2D eigenvalue weighted by Crippen LogP contribution is -2.24. The van der Waals surface area contributed by atoms with E-state index in [0.29, 0.717) is 22.3 Å². The van der Waals surface area contributed by atoms with Crippen LogP contribution in [0.25, 0.3) is 10.9 Å². The second-order valence-electron chi connectivity index (χ2n) is 3.85. The summed E-state index contributed by atoms with van der Waals surface area (Å²) < 4.78 is 5.12. The Bertz CT molecular complexity index is 601. The fraction of sp³-hybridized carbons (Fsp3) is 0.154. The molecule has 20 heavy (non-hydrogen) atoms. The summed E-state index contributed by atoms with van der Waals surface area (Å²) in [4.78, 5) is 26.9. The molecule has 7 heteroatoms. The zero-order chi connectivity index (χ0) is 14.5. The summed E-state index contributed by atoms with van der Waals surface area (Å²) >= 11 is 0. The first-order valence-corrected chi connectivity index (χ1v) is 5.91. The molecule has 0 saturated heterocycles. The van der Waals surface area contributed by atoms with Gasteiger partial charge in [0.15, 0.2) is 5.75 Å². The number of fused-ring (bicyclic) bond motifs is 1. The molecule has 2 rings (SSSR count). The lowest BCUT2D eigenvalue weighted by atomic mass is 10.1. The minimum Gasteiger partial charge on any atom is -0.408 e. The number of carbonyl (C=O) groups is 2. The molecule has 0 fully saturated rings. The Balaban J connectivity index is 2.46. The van der Waals surface area contributed by atoms with Gasteiger partial charge in [-0.2, -0.15) is 0 Å². The molecule has 104 valence electrons. The topological polar surface area (TPSA) is 92.4 Å². The molecule has 0 aliphatic rings. The van der Waals surface area contributed by atoms with E-state index in [4.69, 9.17) is 4.74 Å². The van der Waals surface area contributed by atoms with Crippen molar-refractivity contribution in [2.45, 2.75) is 0 Å². The van der Waals surface area contributed by atoms with Crippen LogP contribution < -0.4 is 20.7 Å². The molecule has 1 heterocycles. The lowest BCUT2D eigenvalue weighted by molar-refractivity contribution is 0.203. The quantitative estimate of drug-likeness (QED) is 0.777. The van der Waals surface area contributed by atoms with Crippen molar-refractivity contribution in [2.75, 3.05) is 19.4 Å². The lowest BCUT2D eigenvalue weighted by Gasteiger charge is -2.11. The number of rotatable bonds is 2. The molecule has 1 aromatic heterocycles. The largest absolute Gasteiger partial charge is 0.412 e. The average molecular weight is 274 g/mol. The fourth-order valence-corrected chi connectivity index (χ4v) is 1.67. The van der Waals surface area contributed by atoms with Gasteiger partial charge in [-0.1, -0.05) is 0 Å². The van der Waals surface area contributed by atoms with Gasteiger partial charge in [0.25, 0.3) is 0 Å². The molecule has 0 spiro atoms. The van der Waals surface area contributed by atoms with Gasteiger partial charge >= 0.3 is 12.1 Å². The Kier molecular flexibility index (Phi) is 3.99.